The summed E-state index contributed by atoms with van der Waals surface area (Å²) in [6, 6.07) is 3.51. The molecule has 0 unspecified atom stereocenters. The SMILES string of the molecule is C=C(C)CNC(=O)c1cccnc1C. The van der Waals surface area contributed by atoms with Gasteiger partial charge < -0.3 is 5.32 Å². The second-order valence-electron chi connectivity index (χ2n) is 3.28. The molecule has 0 saturated heterocycles. The summed E-state index contributed by atoms with van der Waals surface area (Å²) in [5.74, 6) is -0.0985. The van der Waals surface area contributed by atoms with E-state index in [0.29, 0.717) is 12.1 Å². The summed E-state index contributed by atoms with van der Waals surface area (Å²) in [4.78, 5) is 15.6. The molecule has 0 bridgehead atoms. The normalized spacial score (nSPS) is 9.57. The molecule has 3 heteroatoms. The minimum atomic E-state index is -0.0985. The monoisotopic (exact) mass is 190 g/mol. The van der Waals surface area contributed by atoms with Gasteiger partial charge in [-0.15, -0.1) is 0 Å². The molecule has 14 heavy (non-hydrogen) atoms. The maximum Gasteiger partial charge on any atom is 0.253 e. The van der Waals surface area contributed by atoms with Gasteiger partial charge in [-0.05, 0) is 26.0 Å². The Bertz CT molecular complexity index is 358. The number of hydrogen-bond acceptors (Lipinski definition) is 2. The van der Waals surface area contributed by atoms with Gasteiger partial charge in [0, 0.05) is 18.4 Å². The van der Waals surface area contributed by atoms with Gasteiger partial charge in [-0.2, -0.15) is 0 Å². The number of hydrogen-bond donors (Lipinski definition) is 1. The second-order valence-corrected chi connectivity index (χ2v) is 3.28. The first-order chi connectivity index (χ1) is 6.61. The van der Waals surface area contributed by atoms with Crippen LogP contribution in [0.5, 0.6) is 0 Å². The Labute approximate surface area is 83.9 Å². The lowest BCUT2D eigenvalue weighted by Crippen LogP contribution is -2.25. The van der Waals surface area contributed by atoms with E-state index in [9.17, 15) is 4.79 Å². The van der Waals surface area contributed by atoms with Crippen molar-refractivity contribution < 1.29 is 4.79 Å². The van der Waals surface area contributed by atoms with Gasteiger partial charge in [0.2, 0.25) is 0 Å². The number of carbonyl (C=O) groups is 1. The Morgan fingerprint density at radius 2 is 2.36 bits per heavy atom. The lowest BCUT2D eigenvalue weighted by molar-refractivity contribution is 0.0956. The van der Waals surface area contributed by atoms with E-state index >= 15 is 0 Å². The molecule has 1 amide bonds. The minimum absolute atomic E-state index is 0.0985. The standard InChI is InChI=1S/C11H14N2O/c1-8(2)7-13-11(14)10-5-4-6-12-9(10)3/h4-6H,1,7H2,2-3H3,(H,13,14). The molecule has 1 aromatic heterocycles. The maximum absolute atomic E-state index is 11.6. The molecule has 0 aliphatic rings. The summed E-state index contributed by atoms with van der Waals surface area (Å²) in [6.45, 7) is 7.91. The van der Waals surface area contributed by atoms with Crippen LogP contribution in [0.15, 0.2) is 30.5 Å². The van der Waals surface area contributed by atoms with Gasteiger partial charge in [-0.25, -0.2) is 0 Å². The molecule has 1 N–H and O–H groups in total. The number of carbonyl (C=O) groups excluding carboxylic acids is 1. The van der Waals surface area contributed by atoms with Crippen molar-refractivity contribution in [2.24, 2.45) is 0 Å². The summed E-state index contributed by atoms with van der Waals surface area (Å²) in [5.41, 5.74) is 2.29. The van der Waals surface area contributed by atoms with Crippen molar-refractivity contribution in [2.75, 3.05) is 6.54 Å². The lowest BCUT2D eigenvalue weighted by Gasteiger charge is -2.05. The molecule has 1 rings (SSSR count). The predicted octanol–water partition coefficient (Wildman–Crippen LogP) is 1.70. The molecule has 0 radical (unpaired) electrons. The van der Waals surface area contributed by atoms with E-state index in [0.717, 1.165) is 11.3 Å². The van der Waals surface area contributed by atoms with Crippen molar-refractivity contribution in [2.45, 2.75) is 13.8 Å². The highest BCUT2D eigenvalue weighted by Gasteiger charge is 2.07. The quantitative estimate of drug-likeness (QED) is 0.737. The third-order valence-corrected chi connectivity index (χ3v) is 1.80. The number of amides is 1. The van der Waals surface area contributed by atoms with Crippen LogP contribution in [0.3, 0.4) is 0 Å². The van der Waals surface area contributed by atoms with Crippen LogP contribution in [0.25, 0.3) is 0 Å². The van der Waals surface area contributed by atoms with E-state index in [1.807, 2.05) is 13.8 Å². The van der Waals surface area contributed by atoms with E-state index < -0.39 is 0 Å². The Hall–Kier alpha value is -1.64. The fourth-order valence-corrected chi connectivity index (χ4v) is 1.05. The molecule has 74 valence electrons. The van der Waals surface area contributed by atoms with Gasteiger partial charge >= 0.3 is 0 Å². The van der Waals surface area contributed by atoms with Crippen LogP contribution in [0, 0.1) is 6.92 Å². The van der Waals surface area contributed by atoms with Crippen LogP contribution < -0.4 is 5.32 Å². The maximum atomic E-state index is 11.6. The molecule has 0 saturated carbocycles. The average Bonchev–Trinajstić information content (AvgIpc) is 2.15. The number of nitrogens with one attached hydrogen (secondary N) is 1. The van der Waals surface area contributed by atoms with Crippen LogP contribution >= 0.6 is 0 Å². The molecule has 3 nitrogen and oxygen atoms in total. The molecule has 0 atom stereocenters. The zero-order chi connectivity index (χ0) is 10.6. The van der Waals surface area contributed by atoms with E-state index in [1.54, 1.807) is 18.3 Å². The Kier molecular flexibility index (Phi) is 3.40. The smallest absolute Gasteiger partial charge is 0.253 e. The van der Waals surface area contributed by atoms with Crippen LogP contribution in [-0.4, -0.2) is 17.4 Å². The highest BCUT2D eigenvalue weighted by Crippen LogP contribution is 2.02. The Morgan fingerprint density at radius 3 is 2.93 bits per heavy atom. The van der Waals surface area contributed by atoms with Gasteiger partial charge in [0.25, 0.3) is 5.91 Å². The first kappa shape index (κ1) is 10.4. The molecule has 0 spiro atoms. The van der Waals surface area contributed by atoms with Gasteiger partial charge in [0.15, 0.2) is 0 Å². The fourth-order valence-electron chi connectivity index (χ4n) is 1.05. The summed E-state index contributed by atoms with van der Waals surface area (Å²) < 4.78 is 0. The first-order valence-corrected chi connectivity index (χ1v) is 4.45. The van der Waals surface area contributed by atoms with Crippen molar-refractivity contribution in [3.63, 3.8) is 0 Å². The molecule has 1 aromatic rings. The van der Waals surface area contributed by atoms with Crippen LogP contribution in [0.1, 0.15) is 23.0 Å². The summed E-state index contributed by atoms with van der Waals surface area (Å²) in [7, 11) is 0. The van der Waals surface area contributed by atoms with Gasteiger partial charge in [-0.1, -0.05) is 12.2 Å². The van der Waals surface area contributed by atoms with Gasteiger partial charge in [0.05, 0.1) is 5.56 Å². The number of nitrogens with zero attached hydrogens (tertiary/aromatic N) is 1. The zero-order valence-electron chi connectivity index (χ0n) is 8.50. The molecule has 0 fully saturated rings. The van der Waals surface area contributed by atoms with E-state index in [-0.39, 0.29) is 5.91 Å². The Morgan fingerprint density at radius 1 is 1.64 bits per heavy atom. The largest absolute Gasteiger partial charge is 0.348 e. The molecule has 0 aromatic carbocycles. The second kappa shape index (κ2) is 4.56. The van der Waals surface area contributed by atoms with Crippen molar-refractivity contribution in [3.8, 4) is 0 Å². The Balaban J connectivity index is 2.70. The number of pyridine rings is 1. The average molecular weight is 190 g/mol. The van der Waals surface area contributed by atoms with E-state index in [2.05, 4.69) is 16.9 Å². The third kappa shape index (κ3) is 2.69. The zero-order valence-corrected chi connectivity index (χ0v) is 8.50. The third-order valence-electron chi connectivity index (χ3n) is 1.80. The topological polar surface area (TPSA) is 42.0 Å². The molecular weight excluding hydrogens is 176 g/mol. The van der Waals surface area contributed by atoms with Crippen LogP contribution in [-0.2, 0) is 0 Å². The predicted molar refractivity (Wildman–Crippen MR) is 56.1 cm³/mol. The summed E-state index contributed by atoms with van der Waals surface area (Å²) in [6.07, 6.45) is 1.67. The highest BCUT2D eigenvalue weighted by molar-refractivity contribution is 5.95. The fraction of sp³-hybridized carbons (Fsp3) is 0.273. The van der Waals surface area contributed by atoms with Crippen molar-refractivity contribution >= 4 is 5.91 Å². The van der Waals surface area contributed by atoms with E-state index in [4.69, 9.17) is 0 Å². The van der Waals surface area contributed by atoms with Crippen LogP contribution in [0.2, 0.25) is 0 Å². The molecule has 0 aliphatic carbocycles. The highest BCUT2D eigenvalue weighted by atomic mass is 16.1. The molecular formula is C11H14N2O. The summed E-state index contributed by atoms with van der Waals surface area (Å²) in [5, 5.41) is 2.76. The van der Waals surface area contributed by atoms with Gasteiger partial charge in [-0.3, -0.25) is 9.78 Å². The van der Waals surface area contributed by atoms with Crippen molar-refractivity contribution in [1.29, 1.82) is 0 Å². The minimum Gasteiger partial charge on any atom is -0.348 e. The molecule has 1 heterocycles. The van der Waals surface area contributed by atoms with E-state index in [1.165, 1.54) is 0 Å². The van der Waals surface area contributed by atoms with Crippen LogP contribution in [0.4, 0.5) is 0 Å². The lowest BCUT2D eigenvalue weighted by atomic mass is 10.2. The molecule has 0 aliphatic heterocycles. The number of rotatable bonds is 3. The van der Waals surface area contributed by atoms with Gasteiger partial charge in [0.1, 0.15) is 0 Å². The number of aryl methyl sites for hydroxylation is 1. The number of aromatic nitrogens is 1. The first-order valence-electron chi connectivity index (χ1n) is 4.45. The van der Waals surface area contributed by atoms with Crippen molar-refractivity contribution in [3.05, 3.63) is 41.7 Å². The summed E-state index contributed by atoms with van der Waals surface area (Å²) >= 11 is 0. The van der Waals surface area contributed by atoms with Crippen molar-refractivity contribution in [1.82, 2.24) is 10.3 Å².